The van der Waals surface area contributed by atoms with E-state index in [-0.39, 0.29) is 25.7 Å². The first kappa shape index (κ1) is 82.1. The van der Waals surface area contributed by atoms with Gasteiger partial charge in [-0.25, -0.2) is 9.13 Å². The Bertz CT molecular complexity index is 1680. The van der Waals surface area contributed by atoms with E-state index < -0.39 is 97.5 Å². The van der Waals surface area contributed by atoms with Crippen LogP contribution in [0.1, 0.15) is 312 Å². The first-order valence-corrected chi connectivity index (χ1v) is 36.8. The van der Waals surface area contributed by atoms with Crippen molar-refractivity contribution in [1.82, 2.24) is 0 Å². The predicted octanol–water partition coefficient (Wildman–Crippen LogP) is 17.8. The first-order chi connectivity index (χ1) is 40.2. The van der Waals surface area contributed by atoms with E-state index in [1.54, 1.807) is 0 Å². The number of hydrogen-bond donors (Lipinski definition) is 3. The Kier molecular flexibility index (Phi) is 53.9. The Hall–Kier alpha value is -1.94. The standard InChI is InChI=1S/C65H126O17P2/c1-9-56(6)42-34-26-18-15-16-20-32-40-48-65(70)82-61(52-76-63(68)46-38-30-24-22-28-36-44-58(8)11-3)54-80-84(73,74)78-50-59(66)49-77-83(71,72)79-53-60(51-75-62(67)45-37-29-23-21-27-35-43-57(7)10-2)81-64(69)47-39-31-19-14-12-13-17-25-33-41-55(4)5/h55-61,66H,9-54H2,1-8H3,(H,71,72)(H,73,74)/t56?,57?,58?,59-,60-,61-/m1/s1. The van der Waals surface area contributed by atoms with E-state index in [2.05, 4.69) is 55.4 Å². The van der Waals surface area contributed by atoms with Crippen molar-refractivity contribution in [2.45, 2.75) is 331 Å². The molecule has 8 atom stereocenters. The van der Waals surface area contributed by atoms with Crippen molar-refractivity contribution in [2.75, 3.05) is 39.6 Å². The molecule has 0 aliphatic carbocycles. The summed E-state index contributed by atoms with van der Waals surface area (Å²) < 4.78 is 68.0. The molecule has 0 saturated heterocycles. The lowest BCUT2D eigenvalue weighted by Gasteiger charge is -2.21. The molecule has 0 aliphatic rings. The number of esters is 4. The van der Waals surface area contributed by atoms with Crippen LogP contribution in [0.4, 0.5) is 0 Å². The number of carbonyl (C=O) groups is 4. The van der Waals surface area contributed by atoms with Crippen LogP contribution in [-0.2, 0) is 65.4 Å². The molecule has 0 amide bonds. The summed E-state index contributed by atoms with van der Waals surface area (Å²) in [4.78, 5) is 72.3. The fraction of sp³-hybridized carbons (Fsp3) is 0.938. The lowest BCUT2D eigenvalue weighted by Crippen LogP contribution is -2.30. The van der Waals surface area contributed by atoms with Gasteiger partial charge in [-0.1, -0.05) is 261 Å². The highest BCUT2D eigenvalue weighted by Gasteiger charge is 2.30. The molecule has 0 spiro atoms. The Morgan fingerprint density at radius 3 is 0.845 bits per heavy atom. The average Bonchev–Trinajstić information content (AvgIpc) is 3.52. The van der Waals surface area contributed by atoms with E-state index in [4.69, 9.17) is 37.0 Å². The number of rotatable bonds is 62. The summed E-state index contributed by atoms with van der Waals surface area (Å²) in [7, 11) is -9.89. The highest BCUT2D eigenvalue weighted by molar-refractivity contribution is 7.47. The predicted molar refractivity (Wildman–Crippen MR) is 335 cm³/mol. The molecule has 17 nitrogen and oxygen atoms in total. The van der Waals surface area contributed by atoms with Crippen LogP contribution in [0.25, 0.3) is 0 Å². The smallest absolute Gasteiger partial charge is 0.462 e. The van der Waals surface area contributed by atoms with Crippen molar-refractivity contribution in [3.05, 3.63) is 0 Å². The van der Waals surface area contributed by atoms with Crippen LogP contribution in [0.15, 0.2) is 0 Å². The van der Waals surface area contributed by atoms with Gasteiger partial charge in [0.25, 0.3) is 0 Å². The van der Waals surface area contributed by atoms with Gasteiger partial charge in [0.15, 0.2) is 12.2 Å². The largest absolute Gasteiger partial charge is 0.472 e. The van der Waals surface area contributed by atoms with E-state index in [1.807, 2.05) is 0 Å². The maximum Gasteiger partial charge on any atom is 0.472 e. The van der Waals surface area contributed by atoms with E-state index in [9.17, 15) is 43.2 Å². The Morgan fingerprint density at radius 2 is 0.571 bits per heavy atom. The number of aliphatic hydroxyl groups excluding tert-OH is 1. The highest BCUT2D eigenvalue weighted by Crippen LogP contribution is 2.45. The summed E-state index contributed by atoms with van der Waals surface area (Å²) in [6, 6.07) is 0. The molecule has 498 valence electrons. The zero-order valence-electron chi connectivity index (χ0n) is 54.5. The Morgan fingerprint density at radius 1 is 0.333 bits per heavy atom. The fourth-order valence-electron chi connectivity index (χ4n) is 9.51. The molecule has 0 saturated carbocycles. The molecule has 0 rings (SSSR count). The van der Waals surface area contributed by atoms with Crippen molar-refractivity contribution >= 4 is 39.5 Å². The zero-order chi connectivity index (χ0) is 62.5. The molecule has 0 aromatic heterocycles. The molecular formula is C65H126O17P2. The normalized spacial score (nSPS) is 15.4. The Labute approximate surface area is 511 Å². The minimum atomic E-state index is -4.95. The van der Waals surface area contributed by atoms with Gasteiger partial charge >= 0.3 is 39.5 Å². The summed E-state index contributed by atoms with van der Waals surface area (Å²) in [6.07, 6.45) is 34.8. The van der Waals surface area contributed by atoms with Crippen LogP contribution in [0.3, 0.4) is 0 Å². The minimum absolute atomic E-state index is 0.103. The molecular weight excluding hydrogens is 1110 g/mol. The summed E-state index contributed by atoms with van der Waals surface area (Å²) >= 11 is 0. The molecule has 0 aromatic rings. The quantitative estimate of drug-likeness (QED) is 0.0222. The average molecular weight is 1240 g/mol. The second-order valence-electron chi connectivity index (χ2n) is 24.7. The molecule has 0 aromatic carbocycles. The van der Waals surface area contributed by atoms with Gasteiger partial charge in [0.1, 0.15) is 19.3 Å². The summed E-state index contributed by atoms with van der Waals surface area (Å²) in [5.41, 5.74) is 0. The fourth-order valence-corrected chi connectivity index (χ4v) is 11.1. The van der Waals surface area contributed by atoms with Gasteiger partial charge in [0.05, 0.1) is 26.4 Å². The van der Waals surface area contributed by atoms with Crippen LogP contribution in [-0.4, -0.2) is 96.7 Å². The number of aliphatic hydroxyl groups is 1. The maximum atomic E-state index is 13.0. The number of phosphoric acid groups is 2. The lowest BCUT2D eigenvalue weighted by molar-refractivity contribution is -0.161. The van der Waals surface area contributed by atoms with Crippen molar-refractivity contribution in [3.8, 4) is 0 Å². The summed E-state index contributed by atoms with van der Waals surface area (Å²) in [6.45, 7) is 14.0. The monoisotopic (exact) mass is 1240 g/mol. The topological polar surface area (TPSA) is 237 Å². The number of hydrogen-bond acceptors (Lipinski definition) is 15. The van der Waals surface area contributed by atoms with Crippen molar-refractivity contribution < 1.29 is 80.2 Å². The molecule has 0 bridgehead atoms. The third-order valence-electron chi connectivity index (χ3n) is 15.9. The van der Waals surface area contributed by atoms with E-state index in [0.717, 1.165) is 126 Å². The van der Waals surface area contributed by atoms with E-state index in [0.29, 0.717) is 25.7 Å². The second kappa shape index (κ2) is 55.2. The van der Waals surface area contributed by atoms with Crippen molar-refractivity contribution in [2.24, 2.45) is 23.7 Å². The van der Waals surface area contributed by atoms with Gasteiger partial charge in [-0.3, -0.25) is 37.3 Å². The summed E-state index contributed by atoms with van der Waals surface area (Å²) in [5.74, 6) is 0.828. The van der Waals surface area contributed by atoms with Gasteiger partial charge in [0, 0.05) is 25.7 Å². The molecule has 0 aliphatic heterocycles. The maximum absolute atomic E-state index is 13.0. The van der Waals surface area contributed by atoms with Gasteiger partial charge in [0.2, 0.25) is 0 Å². The van der Waals surface area contributed by atoms with Crippen molar-refractivity contribution in [3.63, 3.8) is 0 Å². The number of ether oxygens (including phenoxy) is 4. The molecule has 3 N–H and O–H groups in total. The van der Waals surface area contributed by atoms with Gasteiger partial charge in [-0.2, -0.15) is 0 Å². The van der Waals surface area contributed by atoms with Crippen LogP contribution >= 0.6 is 15.6 Å². The van der Waals surface area contributed by atoms with Gasteiger partial charge in [-0.15, -0.1) is 0 Å². The molecule has 5 unspecified atom stereocenters. The molecule has 0 heterocycles. The van der Waals surface area contributed by atoms with Crippen LogP contribution < -0.4 is 0 Å². The Balaban J connectivity index is 5.28. The number of carbonyl (C=O) groups excluding carboxylic acids is 4. The molecule has 0 fully saturated rings. The molecule has 0 radical (unpaired) electrons. The summed E-state index contributed by atoms with van der Waals surface area (Å²) in [5, 5.41) is 10.5. The number of phosphoric ester groups is 2. The van der Waals surface area contributed by atoms with Crippen LogP contribution in [0, 0.1) is 23.7 Å². The highest BCUT2D eigenvalue weighted by atomic mass is 31.2. The third kappa shape index (κ3) is 55.4. The molecule has 19 heteroatoms. The van der Waals surface area contributed by atoms with Crippen LogP contribution in [0.2, 0.25) is 0 Å². The van der Waals surface area contributed by atoms with Gasteiger partial charge < -0.3 is 33.8 Å². The van der Waals surface area contributed by atoms with Gasteiger partial charge in [-0.05, 0) is 49.4 Å². The van der Waals surface area contributed by atoms with E-state index in [1.165, 1.54) is 103 Å². The molecule has 84 heavy (non-hydrogen) atoms. The third-order valence-corrected chi connectivity index (χ3v) is 17.8. The van der Waals surface area contributed by atoms with Crippen LogP contribution in [0.5, 0.6) is 0 Å². The minimum Gasteiger partial charge on any atom is -0.462 e. The SMILES string of the molecule is CCC(C)CCCCCCCCCCC(=O)O[C@H](COC(=O)CCCCCCCCC(C)CC)COP(=O)(O)OC[C@H](O)COP(=O)(O)OC[C@@H](COC(=O)CCCCCCCCC(C)CC)OC(=O)CCCCCCCCCCCC(C)C. The number of unbranched alkanes of at least 4 members (excludes halogenated alkanes) is 25. The first-order valence-electron chi connectivity index (χ1n) is 33.8. The lowest BCUT2D eigenvalue weighted by atomic mass is 9.99. The van der Waals surface area contributed by atoms with E-state index >= 15 is 0 Å². The van der Waals surface area contributed by atoms with Crippen molar-refractivity contribution in [1.29, 1.82) is 0 Å². The zero-order valence-corrected chi connectivity index (χ0v) is 56.3. The second-order valence-corrected chi connectivity index (χ2v) is 27.6.